The van der Waals surface area contributed by atoms with Crippen molar-refractivity contribution >= 4 is 22.7 Å². The molecule has 11 heteroatoms. The molecular weight excluding hydrogens is 561 g/mol. The number of carbonyl (C=O) groups is 2. The number of nitrogens with one attached hydrogen (secondary N) is 1. The van der Waals surface area contributed by atoms with E-state index in [2.05, 4.69) is 5.32 Å². The molecule has 4 aromatic rings. The van der Waals surface area contributed by atoms with E-state index in [1.54, 1.807) is 31.4 Å². The van der Waals surface area contributed by atoms with E-state index in [-0.39, 0.29) is 17.6 Å². The molecule has 2 heterocycles. The zero-order valence-electron chi connectivity index (χ0n) is 24.0. The van der Waals surface area contributed by atoms with Crippen molar-refractivity contribution in [3.8, 4) is 11.5 Å². The third-order valence-electron chi connectivity index (χ3n) is 7.66. The molecule has 1 fully saturated rings. The molecule has 5 rings (SSSR count). The number of methoxy groups -OCH3 is 1. The fraction of sp³-hybridized carbons (Fsp3) is 0.344. The first-order valence-corrected chi connectivity index (χ1v) is 14.1. The van der Waals surface area contributed by atoms with Crippen LogP contribution in [0.3, 0.4) is 0 Å². The van der Waals surface area contributed by atoms with Crippen LogP contribution in [0.25, 0.3) is 10.9 Å². The molecule has 0 bridgehead atoms. The smallest absolute Gasteiger partial charge is 0.416 e. The van der Waals surface area contributed by atoms with E-state index in [0.717, 1.165) is 41.4 Å². The van der Waals surface area contributed by atoms with Gasteiger partial charge >= 0.3 is 6.18 Å². The molecule has 8 nitrogen and oxygen atoms in total. The molecule has 0 saturated carbocycles. The predicted molar refractivity (Wildman–Crippen MR) is 155 cm³/mol. The second-order valence-electron chi connectivity index (χ2n) is 10.7. The second kappa shape index (κ2) is 12.9. The zero-order chi connectivity index (χ0) is 30.6. The number of hydrogen-bond donors (Lipinski definition) is 1. The van der Waals surface area contributed by atoms with E-state index in [4.69, 9.17) is 14.6 Å². The SMILES string of the molecule is COCCNC(=O)c1ccc2cn(CC3CCN(C(=O)c4ccc(Oc5cccc(C(F)(F)F)c5)cc4)CC3)nc2c1C. The Morgan fingerprint density at radius 1 is 1.02 bits per heavy atom. The minimum atomic E-state index is -4.46. The van der Waals surface area contributed by atoms with E-state index in [1.807, 2.05) is 34.8 Å². The van der Waals surface area contributed by atoms with Crippen LogP contribution in [-0.4, -0.2) is 59.8 Å². The third-order valence-corrected chi connectivity index (χ3v) is 7.66. The van der Waals surface area contributed by atoms with Gasteiger partial charge in [0.15, 0.2) is 0 Å². The number of rotatable bonds is 9. The monoisotopic (exact) mass is 594 g/mol. The van der Waals surface area contributed by atoms with E-state index < -0.39 is 11.7 Å². The number of alkyl halides is 3. The van der Waals surface area contributed by atoms with Crippen molar-refractivity contribution in [1.82, 2.24) is 20.0 Å². The van der Waals surface area contributed by atoms with Gasteiger partial charge in [-0.05, 0) is 79.8 Å². The summed E-state index contributed by atoms with van der Waals surface area (Å²) in [6.07, 6.45) is -0.812. The number of ether oxygens (including phenoxy) is 2. The number of carbonyl (C=O) groups excluding carboxylic acids is 2. The van der Waals surface area contributed by atoms with Crippen LogP contribution in [0.4, 0.5) is 13.2 Å². The third kappa shape index (κ3) is 7.16. The lowest BCUT2D eigenvalue weighted by Crippen LogP contribution is -2.39. The zero-order valence-corrected chi connectivity index (χ0v) is 24.0. The van der Waals surface area contributed by atoms with Crippen LogP contribution < -0.4 is 10.1 Å². The molecule has 1 aliphatic heterocycles. The number of halogens is 3. The molecule has 0 aliphatic carbocycles. The van der Waals surface area contributed by atoms with Gasteiger partial charge in [-0.1, -0.05) is 12.1 Å². The van der Waals surface area contributed by atoms with Crippen LogP contribution in [0.2, 0.25) is 0 Å². The Balaban J connectivity index is 1.15. The first-order valence-electron chi connectivity index (χ1n) is 14.1. The Hall–Kier alpha value is -4.38. The molecule has 1 saturated heterocycles. The van der Waals surface area contributed by atoms with Crippen molar-refractivity contribution in [2.75, 3.05) is 33.4 Å². The van der Waals surface area contributed by atoms with Crippen molar-refractivity contribution in [2.24, 2.45) is 5.92 Å². The molecule has 0 atom stereocenters. The molecule has 1 aromatic heterocycles. The van der Waals surface area contributed by atoms with Gasteiger partial charge in [-0.3, -0.25) is 14.3 Å². The van der Waals surface area contributed by atoms with Gasteiger partial charge in [0.2, 0.25) is 0 Å². The van der Waals surface area contributed by atoms with Gasteiger partial charge in [-0.2, -0.15) is 18.3 Å². The van der Waals surface area contributed by atoms with Crippen LogP contribution in [0.5, 0.6) is 11.5 Å². The molecule has 2 amide bonds. The van der Waals surface area contributed by atoms with Crippen molar-refractivity contribution < 1.29 is 32.2 Å². The van der Waals surface area contributed by atoms with Gasteiger partial charge in [-0.15, -0.1) is 0 Å². The van der Waals surface area contributed by atoms with Crippen molar-refractivity contribution in [3.63, 3.8) is 0 Å². The number of aryl methyl sites for hydroxylation is 1. The second-order valence-corrected chi connectivity index (χ2v) is 10.7. The molecular formula is C32H33F3N4O4. The lowest BCUT2D eigenvalue weighted by molar-refractivity contribution is -0.137. The number of nitrogens with zero attached hydrogens (tertiary/aromatic N) is 3. The van der Waals surface area contributed by atoms with E-state index in [0.29, 0.717) is 55.6 Å². The van der Waals surface area contributed by atoms with Gasteiger partial charge in [0.1, 0.15) is 11.5 Å². The van der Waals surface area contributed by atoms with E-state index in [1.165, 1.54) is 12.1 Å². The molecule has 1 aliphatic rings. The minimum absolute atomic E-state index is 0.0695. The Labute approximate surface area is 247 Å². The first kappa shape index (κ1) is 30.1. The van der Waals surface area contributed by atoms with Crippen LogP contribution >= 0.6 is 0 Å². The van der Waals surface area contributed by atoms with Crippen LogP contribution in [0, 0.1) is 12.8 Å². The highest BCUT2D eigenvalue weighted by Gasteiger charge is 2.30. The maximum Gasteiger partial charge on any atom is 0.416 e. The maximum absolute atomic E-state index is 13.1. The van der Waals surface area contributed by atoms with E-state index >= 15 is 0 Å². The van der Waals surface area contributed by atoms with Crippen LogP contribution in [0.1, 0.15) is 44.7 Å². The van der Waals surface area contributed by atoms with Gasteiger partial charge in [0, 0.05) is 56.0 Å². The Kier molecular flexibility index (Phi) is 9.00. The average Bonchev–Trinajstić information content (AvgIpc) is 3.41. The molecule has 3 aromatic carbocycles. The van der Waals surface area contributed by atoms with Crippen molar-refractivity contribution in [2.45, 2.75) is 32.5 Å². The molecule has 0 spiro atoms. The number of likely N-dealkylation sites (tertiary alicyclic amines) is 1. The quantitative estimate of drug-likeness (QED) is 0.237. The summed E-state index contributed by atoms with van der Waals surface area (Å²) >= 11 is 0. The number of piperidine rings is 1. The maximum atomic E-state index is 13.1. The summed E-state index contributed by atoms with van der Waals surface area (Å²) in [6.45, 7) is 4.71. The fourth-order valence-corrected chi connectivity index (χ4v) is 5.28. The summed E-state index contributed by atoms with van der Waals surface area (Å²) in [7, 11) is 1.59. The fourth-order valence-electron chi connectivity index (χ4n) is 5.28. The lowest BCUT2D eigenvalue weighted by atomic mass is 9.96. The minimum Gasteiger partial charge on any atom is -0.457 e. The average molecular weight is 595 g/mol. The number of aromatic nitrogens is 2. The molecule has 0 radical (unpaired) electrons. The highest BCUT2D eigenvalue weighted by Crippen LogP contribution is 2.33. The number of fused-ring (bicyclic) bond motifs is 1. The molecule has 1 N–H and O–H groups in total. The number of hydrogen-bond acceptors (Lipinski definition) is 5. The largest absolute Gasteiger partial charge is 0.457 e. The Bertz CT molecular complexity index is 1590. The highest BCUT2D eigenvalue weighted by atomic mass is 19.4. The summed E-state index contributed by atoms with van der Waals surface area (Å²) in [5, 5.41) is 8.59. The van der Waals surface area contributed by atoms with Crippen LogP contribution in [-0.2, 0) is 17.5 Å². The normalized spacial score (nSPS) is 14.2. The molecule has 0 unspecified atom stereocenters. The van der Waals surface area contributed by atoms with Crippen molar-refractivity contribution in [3.05, 3.63) is 89.1 Å². The molecule has 226 valence electrons. The van der Waals surface area contributed by atoms with E-state index in [9.17, 15) is 22.8 Å². The van der Waals surface area contributed by atoms with Gasteiger partial charge in [-0.25, -0.2) is 0 Å². The van der Waals surface area contributed by atoms with Gasteiger partial charge < -0.3 is 19.7 Å². The number of amides is 2. The standard InChI is InChI=1S/C32H33F3N4O4/c1-21-28(30(40)36-14-17-42-2)11-8-24-20-39(37-29(21)24)19-22-12-15-38(16-13-22)31(41)23-6-9-26(10-7-23)43-27-5-3-4-25(18-27)32(33,34)35/h3-11,18,20,22H,12-17,19H2,1-2H3,(H,36,40). The van der Waals surface area contributed by atoms with Crippen molar-refractivity contribution in [1.29, 1.82) is 0 Å². The number of benzene rings is 3. The lowest BCUT2D eigenvalue weighted by Gasteiger charge is -2.32. The summed E-state index contributed by atoms with van der Waals surface area (Å²) in [6, 6.07) is 14.8. The predicted octanol–water partition coefficient (Wildman–Crippen LogP) is 6.08. The topological polar surface area (TPSA) is 85.7 Å². The van der Waals surface area contributed by atoms with Gasteiger partial charge in [0.25, 0.3) is 11.8 Å². The van der Waals surface area contributed by atoms with Gasteiger partial charge in [0.05, 0.1) is 17.7 Å². The first-order chi connectivity index (χ1) is 20.6. The molecule has 43 heavy (non-hydrogen) atoms. The summed E-state index contributed by atoms with van der Waals surface area (Å²) < 4.78 is 51.4. The summed E-state index contributed by atoms with van der Waals surface area (Å²) in [5.74, 6) is 0.510. The highest BCUT2D eigenvalue weighted by molar-refractivity contribution is 6.00. The Morgan fingerprint density at radius 2 is 1.77 bits per heavy atom. The summed E-state index contributed by atoms with van der Waals surface area (Å²) in [4.78, 5) is 27.5. The Morgan fingerprint density at radius 3 is 2.47 bits per heavy atom. The van der Waals surface area contributed by atoms with Crippen LogP contribution in [0.15, 0.2) is 66.9 Å². The summed E-state index contributed by atoms with van der Waals surface area (Å²) in [5.41, 5.74) is 1.93.